The third kappa shape index (κ3) is 3.51. The van der Waals surface area contributed by atoms with Crippen LogP contribution < -0.4 is 5.32 Å². The zero-order valence-electron chi connectivity index (χ0n) is 12.9. The maximum Gasteiger partial charge on any atom is 0.134 e. The van der Waals surface area contributed by atoms with Crippen LogP contribution >= 0.6 is 0 Å². The van der Waals surface area contributed by atoms with Gasteiger partial charge >= 0.3 is 0 Å². The molecule has 108 valence electrons. The predicted molar refractivity (Wildman–Crippen MR) is 85.1 cm³/mol. The van der Waals surface area contributed by atoms with E-state index >= 15 is 0 Å². The molecule has 0 aliphatic carbocycles. The van der Waals surface area contributed by atoms with Crippen LogP contribution in [0.1, 0.15) is 44.9 Å². The van der Waals surface area contributed by atoms with Crippen LogP contribution in [0.4, 0.5) is 0 Å². The van der Waals surface area contributed by atoms with Crippen molar-refractivity contribution in [1.29, 1.82) is 0 Å². The molecule has 0 spiro atoms. The molecule has 20 heavy (non-hydrogen) atoms. The van der Waals surface area contributed by atoms with Crippen molar-refractivity contribution in [1.82, 2.24) is 5.32 Å². The maximum atomic E-state index is 6.04. The number of hydrogen-bond donors (Lipinski definition) is 1. The summed E-state index contributed by atoms with van der Waals surface area (Å²) in [6, 6.07) is 13.1. The molecule has 0 radical (unpaired) electrons. The monoisotopic (exact) mass is 271 g/mol. The van der Waals surface area contributed by atoms with Crippen molar-refractivity contribution >= 4 is 0 Å². The molecule has 0 saturated heterocycles. The van der Waals surface area contributed by atoms with Gasteiger partial charge in [0.15, 0.2) is 0 Å². The normalized spacial score (nSPS) is 12.8. The topological polar surface area (TPSA) is 25.2 Å². The standard InChI is InChI=1S/C18H25NO/c1-5-19-14(4)12-15-10-11-18(20-15)17-9-7-6-8-16(17)13(2)3/h6-11,13-14,19H,5,12H2,1-4H3. The van der Waals surface area contributed by atoms with Gasteiger partial charge in [0.25, 0.3) is 0 Å². The Morgan fingerprint density at radius 3 is 2.50 bits per heavy atom. The van der Waals surface area contributed by atoms with Crippen LogP contribution in [-0.4, -0.2) is 12.6 Å². The summed E-state index contributed by atoms with van der Waals surface area (Å²) in [7, 11) is 0. The van der Waals surface area contributed by atoms with E-state index < -0.39 is 0 Å². The van der Waals surface area contributed by atoms with Crippen molar-refractivity contribution in [3.63, 3.8) is 0 Å². The minimum atomic E-state index is 0.444. The molecule has 2 rings (SSSR count). The highest BCUT2D eigenvalue weighted by Crippen LogP contribution is 2.30. The SMILES string of the molecule is CCNC(C)Cc1ccc(-c2ccccc2C(C)C)o1. The zero-order chi connectivity index (χ0) is 14.5. The van der Waals surface area contributed by atoms with Crippen molar-refractivity contribution in [2.45, 2.75) is 46.1 Å². The number of benzene rings is 1. The summed E-state index contributed by atoms with van der Waals surface area (Å²) in [4.78, 5) is 0. The van der Waals surface area contributed by atoms with Crippen molar-refractivity contribution in [3.05, 3.63) is 47.7 Å². The number of furan rings is 1. The predicted octanol–water partition coefficient (Wildman–Crippen LogP) is 4.61. The quantitative estimate of drug-likeness (QED) is 0.830. The lowest BCUT2D eigenvalue weighted by Crippen LogP contribution is -2.27. The summed E-state index contributed by atoms with van der Waals surface area (Å²) in [5, 5.41) is 3.41. The van der Waals surface area contributed by atoms with Gasteiger partial charge in [0.05, 0.1) is 0 Å². The van der Waals surface area contributed by atoms with Crippen LogP contribution in [0.2, 0.25) is 0 Å². The molecule has 0 aliphatic rings. The Kier molecular flexibility index (Phi) is 5.02. The Labute approximate surface area is 122 Å². The smallest absolute Gasteiger partial charge is 0.134 e. The molecule has 0 bridgehead atoms. The summed E-state index contributed by atoms with van der Waals surface area (Å²) in [6.07, 6.45) is 0.928. The Bertz CT molecular complexity index is 542. The highest BCUT2D eigenvalue weighted by molar-refractivity contribution is 5.63. The molecule has 0 saturated carbocycles. The van der Waals surface area contributed by atoms with Crippen molar-refractivity contribution in [2.75, 3.05) is 6.54 Å². The molecule has 0 amide bonds. The van der Waals surface area contributed by atoms with Gasteiger partial charge in [0.2, 0.25) is 0 Å². The van der Waals surface area contributed by atoms with Gasteiger partial charge in [-0.05, 0) is 37.1 Å². The van der Waals surface area contributed by atoms with Gasteiger partial charge in [0.1, 0.15) is 11.5 Å². The van der Waals surface area contributed by atoms with Crippen LogP contribution in [0.15, 0.2) is 40.8 Å². The van der Waals surface area contributed by atoms with Crippen LogP contribution in [0.3, 0.4) is 0 Å². The Balaban J connectivity index is 2.21. The second-order valence-electron chi connectivity index (χ2n) is 5.67. The molecule has 2 nitrogen and oxygen atoms in total. The summed E-state index contributed by atoms with van der Waals surface area (Å²) < 4.78 is 6.04. The van der Waals surface area contributed by atoms with E-state index in [1.807, 2.05) is 0 Å². The van der Waals surface area contributed by atoms with E-state index in [9.17, 15) is 0 Å². The molecule has 0 fully saturated rings. The molecule has 1 aromatic heterocycles. The molecular weight excluding hydrogens is 246 g/mol. The van der Waals surface area contributed by atoms with Crippen molar-refractivity contribution in [2.24, 2.45) is 0 Å². The average molecular weight is 271 g/mol. The van der Waals surface area contributed by atoms with Gasteiger partial charge in [-0.1, -0.05) is 45.0 Å². The lowest BCUT2D eigenvalue weighted by Gasteiger charge is -2.11. The van der Waals surface area contributed by atoms with Gasteiger partial charge in [-0.2, -0.15) is 0 Å². The lowest BCUT2D eigenvalue weighted by atomic mass is 9.96. The molecule has 1 heterocycles. The van der Waals surface area contributed by atoms with Gasteiger partial charge < -0.3 is 9.73 Å². The van der Waals surface area contributed by atoms with Crippen LogP contribution in [-0.2, 0) is 6.42 Å². The Hall–Kier alpha value is -1.54. The van der Waals surface area contributed by atoms with E-state index in [4.69, 9.17) is 4.42 Å². The first-order valence-corrected chi connectivity index (χ1v) is 7.53. The van der Waals surface area contributed by atoms with Crippen molar-refractivity contribution < 1.29 is 4.42 Å². The Morgan fingerprint density at radius 1 is 1.05 bits per heavy atom. The van der Waals surface area contributed by atoms with Gasteiger partial charge in [-0.3, -0.25) is 0 Å². The van der Waals surface area contributed by atoms with Crippen molar-refractivity contribution in [3.8, 4) is 11.3 Å². The first-order valence-electron chi connectivity index (χ1n) is 7.53. The number of hydrogen-bond acceptors (Lipinski definition) is 2. The highest BCUT2D eigenvalue weighted by atomic mass is 16.3. The number of rotatable bonds is 6. The Morgan fingerprint density at radius 2 is 1.80 bits per heavy atom. The molecule has 1 N–H and O–H groups in total. The third-order valence-electron chi connectivity index (χ3n) is 3.57. The van der Waals surface area contributed by atoms with E-state index in [1.165, 1.54) is 11.1 Å². The lowest BCUT2D eigenvalue weighted by molar-refractivity contribution is 0.470. The number of likely N-dealkylation sites (N-methyl/N-ethyl adjacent to an activating group) is 1. The van der Waals surface area contributed by atoms with Gasteiger partial charge in [-0.25, -0.2) is 0 Å². The maximum absolute atomic E-state index is 6.04. The van der Waals surface area contributed by atoms with E-state index in [0.717, 1.165) is 24.5 Å². The fourth-order valence-corrected chi connectivity index (χ4v) is 2.58. The van der Waals surface area contributed by atoms with Crippen LogP contribution in [0.25, 0.3) is 11.3 Å². The van der Waals surface area contributed by atoms with Gasteiger partial charge in [0, 0.05) is 18.0 Å². The molecular formula is C18H25NO. The summed E-state index contributed by atoms with van der Waals surface area (Å²) in [6.45, 7) is 9.74. The van der Waals surface area contributed by atoms with E-state index in [-0.39, 0.29) is 0 Å². The first kappa shape index (κ1) is 14.9. The first-order chi connectivity index (χ1) is 9.61. The number of nitrogens with one attached hydrogen (secondary N) is 1. The average Bonchev–Trinajstić information content (AvgIpc) is 2.87. The largest absolute Gasteiger partial charge is 0.461 e. The van der Waals surface area contributed by atoms with Crippen LogP contribution in [0.5, 0.6) is 0 Å². The van der Waals surface area contributed by atoms with Crippen LogP contribution in [0, 0.1) is 0 Å². The van der Waals surface area contributed by atoms with Gasteiger partial charge in [-0.15, -0.1) is 0 Å². The minimum absolute atomic E-state index is 0.444. The summed E-state index contributed by atoms with van der Waals surface area (Å²) >= 11 is 0. The molecule has 0 aliphatic heterocycles. The highest BCUT2D eigenvalue weighted by Gasteiger charge is 2.12. The third-order valence-corrected chi connectivity index (χ3v) is 3.57. The minimum Gasteiger partial charge on any atom is -0.461 e. The molecule has 2 heteroatoms. The second kappa shape index (κ2) is 6.76. The fourth-order valence-electron chi connectivity index (χ4n) is 2.58. The molecule has 2 aromatic rings. The molecule has 1 unspecified atom stereocenters. The second-order valence-corrected chi connectivity index (χ2v) is 5.67. The van der Waals surface area contributed by atoms with E-state index in [0.29, 0.717) is 12.0 Å². The molecule has 1 aromatic carbocycles. The molecule has 1 atom stereocenters. The summed E-state index contributed by atoms with van der Waals surface area (Å²) in [5.74, 6) is 2.53. The fraction of sp³-hybridized carbons (Fsp3) is 0.444. The van der Waals surface area contributed by atoms with E-state index in [2.05, 4.69) is 69.4 Å². The van der Waals surface area contributed by atoms with E-state index in [1.54, 1.807) is 0 Å². The zero-order valence-corrected chi connectivity index (χ0v) is 12.9. The summed E-state index contributed by atoms with van der Waals surface area (Å²) in [5.41, 5.74) is 2.55.